The summed E-state index contributed by atoms with van der Waals surface area (Å²) >= 11 is 0. The minimum Gasteiger partial charge on any atom is -0.395 e. The number of aliphatic hydroxyl groups is 2. The molecule has 0 saturated carbocycles. The van der Waals surface area contributed by atoms with Gasteiger partial charge < -0.3 is 10.2 Å². The van der Waals surface area contributed by atoms with Gasteiger partial charge in [-0.15, -0.1) is 0 Å². The molecule has 0 aliphatic heterocycles. The summed E-state index contributed by atoms with van der Waals surface area (Å²) in [7, 11) is 1.75. The number of hydrogen-bond acceptors (Lipinski definition) is 3. The van der Waals surface area contributed by atoms with E-state index in [0.29, 0.717) is 6.54 Å². The van der Waals surface area contributed by atoms with Crippen molar-refractivity contribution in [2.45, 2.75) is 13.2 Å². The summed E-state index contributed by atoms with van der Waals surface area (Å²) in [4.78, 5) is 1.65. The van der Waals surface area contributed by atoms with Gasteiger partial charge in [0.2, 0.25) is 0 Å². The number of hydrogen-bond donors (Lipinski definition) is 2. The van der Waals surface area contributed by atoms with Gasteiger partial charge in [-0.05, 0) is 14.0 Å². The van der Waals surface area contributed by atoms with Gasteiger partial charge >= 0.3 is 0 Å². The molecule has 2 N–H and O–H groups in total. The molecule has 0 saturated heterocycles. The fourth-order valence-electron chi connectivity index (χ4n) is 0.345. The molecule has 1 atom stereocenters. The van der Waals surface area contributed by atoms with Gasteiger partial charge in [0, 0.05) is 6.54 Å². The van der Waals surface area contributed by atoms with Gasteiger partial charge in [-0.1, -0.05) is 0 Å². The molecule has 0 spiro atoms. The van der Waals surface area contributed by atoms with E-state index in [9.17, 15) is 0 Å². The SMILES string of the molecule is CC(O)N(C)CCO. The third kappa shape index (κ3) is 2.96. The predicted octanol–water partition coefficient (Wildman–Crippen LogP) is -0.751. The summed E-state index contributed by atoms with van der Waals surface area (Å²) in [5.41, 5.74) is 0. The molecule has 0 bridgehead atoms. The van der Waals surface area contributed by atoms with E-state index in [1.54, 1.807) is 18.9 Å². The van der Waals surface area contributed by atoms with Crippen molar-refractivity contribution < 1.29 is 10.2 Å². The van der Waals surface area contributed by atoms with Gasteiger partial charge in [0.1, 0.15) is 6.23 Å². The van der Waals surface area contributed by atoms with Crippen LogP contribution in [0.3, 0.4) is 0 Å². The molecule has 0 amide bonds. The third-order valence-corrected chi connectivity index (χ3v) is 1.09. The highest BCUT2D eigenvalue weighted by Crippen LogP contribution is 1.86. The lowest BCUT2D eigenvalue weighted by Gasteiger charge is -2.17. The van der Waals surface area contributed by atoms with Gasteiger partial charge in [-0.25, -0.2) is 0 Å². The first-order valence-corrected chi connectivity index (χ1v) is 2.67. The van der Waals surface area contributed by atoms with Gasteiger partial charge in [-0.2, -0.15) is 0 Å². The molecule has 0 aliphatic carbocycles. The van der Waals surface area contributed by atoms with Crippen LogP contribution in [0.25, 0.3) is 0 Å². The molecule has 0 heterocycles. The summed E-state index contributed by atoms with van der Waals surface area (Å²) in [5, 5.41) is 17.1. The van der Waals surface area contributed by atoms with E-state index >= 15 is 0 Å². The summed E-state index contributed by atoms with van der Waals surface area (Å²) in [6.07, 6.45) is -0.456. The Hall–Kier alpha value is -0.120. The molecule has 3 heteroatoms. The van der Waals surface area contributed by atoms with Crippen molar-refractivity contribution >= 4 is 0 Å². The van der Waals surface area contributed by atoms with Crippen LogP contribution in [0.1, 0.15) is 6.92 Å². The van der Waals surface area contributed by atoms with Crippen LogP contribution in [0.4, 0.5) is 0 Å². The van der Waals surface area contributed by atoms with Crippen LogP contribution in [-0.4, -0.2) is 41.5 Å². The molecule has 3 nitrogen and oxygen atoms in total. The van der Waals surface area contributed by atoms with Gasteiger partial charge in [0.15, 0.2) is 0 Å². The van der Waals surface area contributed by atoms with Crippen LogP contribution >= 0.6 is 0 Å². The highest BCUT2D eigenvalue weighted by Gasteiger charge is 2.00. The Kier molecular flexibility index (Phi) is 3.77. The lowest BCUT2D eigenvalue weighted by Crippen LogP contribution is -2.30. The van der Waals surface area contributed by atoms with E-state index in [1.807, 2.05) is 0 Å². The fraction of sp³-hybridized carbons (Fsp3) is 1.00. The van der Waals surface area contributed by atoms with Gasteiger partial charge in [0.25, 0.3) is 0 Å². The van der Waals surface area contributed by atoms with Crippen molar-refractivity contribution in [2.24, 2.45) is 0 Å². The van der Waals surface area contributed by atoms with Crippen LogP contribution in [0.2, 0.25) is 0 Å². The van der Waals surface area contributed by atoms with Crippen LogP contribution < -0.4 is 0 Å². The lowest BCUT2D eigenvalue weighted by molar-refractivity contribution is 0.0278. The van der Waals surface area contributed by atoms with Crippen LogP contribution in [0.5, 0.6) is 0 Å². The Morgan fingerprint density at radius 3 is 2.25 bits per heavy atom. The number of nitrogens with zero attached hydrogens (tertiary/aromatic N) is 1. The Labute approximate surface area is 49.5 Å². The van der Waals surface area contributed by atoms with Crippen LogP contribution in [0, 0.1) is 0 Å². The first kappa shape index (κ1) is 7.88. The minimum atomic E-state index is -0.456. The standard InChI is InChI=1S/C5H13NO2/c1-5(8)6(2)3-4-7/h5,7-8H,3-4H2,1-2H3. The second-order valence-electron chi connectivity index (χ2n) is 1.84. The smallest absolute Gasteiger partial charge is 0.104 e. The Morgan fingerprint density at radius 1 is 1.62 bits per heavy atom. The molecule has 0 aromatic heterocycles. The molecular formula is C5H13NO2. The Bertz CT molecular complexity index is 56.4. The molecule has 0 aromatic carbocycles. The monoisotopic (exact) mass is 119 g/mol. The summed E-state index contributed by atoms with van der Waals surface area (Å²) in [5.74, 6) is 0. The summed E-state index contributed by atoms with van der Waals surface area (Å²) in [6, 6.07) is 0. The zero-order valence-electron chi connectivity index (χ0n) is 5.33. The zero-order valence-corrected chi connectivity index (χ0v) is 5.33. The van der Waals surface area contributed by atoms with E-state index in [2.05, 4.69) is 0 Å². The lowest BCUT2D eigenvalue weighted by atomic mass is 10.5. The maximum atomic E-state index is 8.77. The Balaban J connectivity index is 3.17. The van der Waals surface area contributed by atoms with Crippen molar-refractivity contribution in [2.75, 3.05) is 20.2 Å². The number of likely N-dealkylation sites (N-methyl/N-ethyl adjacent to an activating group) is 1. The third-order valence-electron chi connectivity index (χ3n) is 1.09. The van der Waals surface area contributed by atoms with E-state index in [-0.39, 0.29) is 6.61 Å². The summed E-state index contributed by atoms with van der Waals surface area (Å²) in [6.45, 7) is 2.29. The van der Waals surface area contributed by atoms with Crippen molar-refractivity contribution in [1.82, 2.24) is 4.90 Å². The molecule has 8 heavy (non-hydrogen) atoms. The highest BCUT2D eigenvalue weighted by molar-refractivity contribution is 4.47. The highest BCUT2D eigenvalue weighted by atomic mass is 16.3. The molecule has 0 rings (SSSR count). The van der Waals surface area contributed by atoms with Gasteiger partial charge in [0.05, 0.1) is 6.61 Å². The largest absolute Gasteiger partial charge is 0.395 e. The van der Waals surface area contributed by atoms with E-state index in [1.165, 1.54) is 0 Å². The molecule has 0 aromatic rings. The maximum Gasteiger partial charge on any atom is 0.104 e. The fourth-order valence-corrected chi connectivity index (χ4v) is 0.345. The second-order valence-corrected chi connectivity index (χ2v) is 1.84. The first-order chi connectivity index (χ1) is 3.68. The van der Waals surface area contributed by atoms with Gasteiger partial charge in [-0.3, -0.25) is 4.90 Å². The van der Waals surface area contributed by atoms with Crippen molar-refractivity contribution in [3.05, 3.63) is 0 Å². The maximum absolute atomic E-state index is 8.77. The summed E-state index contributed by atoms with van der Waals surface area (Å²) < 4.78 is 0. The average molecular weight is 119 g/mol. The predicted molar refractivity (Wildman–Crippen MR) is 31.4 cm³/mol. The number of aliphatic hydroxyl groups excluding tert-OH is 2. The van der Waals surface area contributed by atoms with E-state index < -0.39 is 6.23 Å². The topological polar surface area (TPSA) is 43.7 Å². The molecule has 0 radical (unpaired) electrons. The Morgan fingerprint density at radius 2 is 2.12 bits per heavy atom. The second kappa shape index (κ2) is 3.83. The molecule has 0 aliphatic rings. The van der Waals surface area contributed by atoms with Crippen LogP contribution in [0.15, 0.2) is 0 Å². The first-order valence-electron chi connectivity index (χ1n) is 2.67. The quantitative estimate of drug-likeness (QED) is 0.480. The minimum absolute atomic E-state index is 0.0986. The van der Waals surface area contributed by atoms with Crippen molar-refractivity contribution in [3.63, 3.8) is 0 Å². The molecule has 50 valence electrons. The van der Waals surface area contributed by atoms with Crippen molar-refractivity contribution in [3.8, 4) is 0 Å². The van der Waals surface area contributed by atoms with Crippen LogP contribution in [-0.2, 0) is 0 Å². The van der Waals surface area contributed by atoms with Crippen molar-refractivity contribution in [1.29, 1.82) is 0 Å². The normalized spacial score (nSPS) is 14.6. The zero-order chi connectivity index (χ0) is 6.57. The van der Waals surface area contributed by atoms with E-state index in [0.717, 1.165) is 0 Å². The van der Waals surface area contributed by atoms with E-state index in [4.69, 9.17) is 10.2 Å². The average Bonchev–Trinajstić information content (AvgIpc) is 1.67. The molecule has 0 fully saturated rings. The molecule has 1 unspecified atom stereocenters. The number of rotatable bonds is 3. The molecular weight excluding hydrogens is 106 g/mol.